The van der Waals surface area contributed by atoms with Gasteiger partial charge in [-0.2, -0.15) is 0 Å². The summed E-state index contributed by atoms with van der Waals surface area (Å²) in [6, 6.07) is 8.84. The largest absolute Gasteiger partial charge is 0.276 e. The molecule has 0 aliphatic carbocycles. The van der Waals surface area contributed by atoms with E-state index in [1.807, 2.05) is 22.7 Å². The maximum Gasteiger partial charge on any atom is 0.276 e. The maximum atomic E-state index is 12.8. The van der Waals surface area contributed by atoms with Crippen molar-refractivity contribution in [1.82, 2.24) is 4.31 Å². The van der Waals surface area contributed by atoms with Gasteiger partial charge < -0.3 is 0 Å². The number of carbonyl (C=O) groups excluding carboxylic acids is 1. The van der Waals surface area contributed by atoms with E-state index in [0.717, 1.165) is 15.0 Å². The fourth-order valence-electron chi connectivity index (χ4n) is 4.18. The molecular formula is C24H19NO2S6. The summed E-state index contributed by atoms with van der Waals surface area (Å²) in [7, 11) is 0.207. The first-order chi connectivity index (χ1) is 15.8. The molecule has 9 heteroatoms. The molecule has 0 spiro atoms. The number of hydrogen-bond donors (Lipinski definition) is 0. The first-order valence-electron chi connectivity index (χ1n) is 10.3. The van der Waals surface area contributed by atoms with E-state index in [-0.39, 0.29) is 5.91 Å². The number of hydrogen-bond acceptors (Lipinski definition) is 7. The molecule has 6 rings (SSSR count). The molecule has 0 bridgehead atoms. The summed E-state index contributed by atoms with van der Waals surface area (Å²) in [5, 5.41) is 1.01. The van der Waals surface area contributed by atoms with Gasteiger partial charge in [0.15, 0.2) is 11.0 Å². The second-order valence-electron chi connectivity index (χ2n) is 8.09. The van der Waals surface area contributed by atoms with Gasteiger partial charge >= 0.3 is 0 Å². The van der Waals surface area contributed by atoms with Crippen LogP contribution in [0.25, 0.3) is 39.3 Å². The van der Waals surface area contributed by atoms with Gasteiger partial charge in [-0.25, -0.2) is 4.21 Å². The Morgan fingerprint density at radius 1 is 0.727 bits per heavy atom. The van der Waals surface area contributed by atoms with E-state index >= 15 is 0 Å². The van der Waals surface area contributed by atoms with Crippen molar-refractivity contribution in [3.05, 3.63) is 50.0 Å². The van der Waals surface area contributed by atoms with Crippen LogP contribution in [0.3, 0.4) is 0 Å². The molecule has 0 N–H and O–H groups in total. The third-order valence-electron chi connectivity index (χ3n) is 6.05. The molecule has 3 nitrogen and oxygen atoms in total. The molecule has 0 saturated carbocycles. The molecule has 1 aliphatic heterocycles. The number of nitrogens with zero attached hydrogens (tertiary/aromatic N) is 1. The van der Waals surface area contributed by atoms with Crippen molar-refractivity contribution in [1.29, 1.82) is 0 Å². The number of thiophene rings is 5. The number of rotatable bonds is 3. The van der Waals surface area contributed by atoms with E-state index in [0.29, 0.717) is 9.77 Å². The summed E-state index contributed by atoms with van der Waals surface area (Å²) >= 11 is 8.77. The van der Waals surface area contributed by atoms with Gasteiger partial charge in [-0.05, 0) is 63.1 Å². The summed E-state index contributed by atoms with van der Waals surface area (Å²) in [6.07, 6.45) is 0. The molecule has 33 heavy (non-hydrogen) atoms. The summed E-state index contributed by atoms with van der Waals surface area (Å²) in [4.78, 5) is 24.1. The normalized spacial score (nSPS) is 15.8. The van der Waals surface area contributed by atoms with Crippen LogP contribution in [0.15, 0.2) is 29.2 Å². The summed E-state index contributed by atoms with van der Waals surface area (Å²) in [6.45, 7) is 8.67. The fourth-order valence-corrected chi connectivity index (χ4v) is 12.1. The Labute approximate surface area is 214 Å². The molecule has 6 heterocycles. The first kappa shape index (κ1) is 21.9. The predicted molar refractivity (Wildman–Crippen MR) is 147 cm³/mol. The quantitative estimate of drug-likeness (QED) is 0.228. The molecule has 1 aliphatic rings. The van der Waals surface area contributed by atoms with Crippen LogP contribution >= 0.6 is 56.7 Å². The van der Waals surface area contributed by atoms with E-state index in [2.05, 4.69) is 52.0 Å². The summed E-state index contributed by atoms with van der Waals surface area (Å²) in [5.41, 5.74) is 2.71. The standard InChI is InChI=1S/C24H19NO2S6/c1-10-6-7-14(28-10)18-11(2)12(3)19(31-18)15-8-9-16(30-15)20-21-17(13(4)29-20)23-22(32-21)24(26)25(5)33(23)27/h6-9H,1-5H3. The smallest absolute Gasteiger partial charge is 0.267 e. The Kier molecular flexibility index (Phi) is 5.10. The Morgan fingerprint density at radius 2 is 1.33 bits per heavy atom. The third kappa shape index (κ3) is 3.13. The molecular weight excluding hydrogens is 527 g/mol. The minimum atomic E-state index is -1.41. The van der Waals surface area contributed by atoms with E-state index in [4.69, 9.17) is 0 Å². The molecule has 5 aromatic rings. The zero-order valence-corrected chi connectivity index (χ0v) is 23.4. The van der Waals surface area contributed by atoms with Gasteiger partial charge in [0.25, 0.3) is 5.91 Å². The van der Waals surface area contributed by atoms with Crippen molar-refractivity contribution in [3.8, 4) is 29.3 Å². The zero-order valence-electron chi connectivity index (χ0n) is 18.5. The summed E-state index contributed by atoms with van der Waals surface area (Å²) < 4.78 is 15.2. The van der Waals surface area contributed by atoms with Crippen molar-refractivity contribution in [2.45, 2.75) is 32.6 Å². The second kappa shape index (κ2) is 7.69. The highest BCUT2D eigenvalue weighted by Gasteiger charge is 2.38. The molecule has 0 fully saturated rings. The number of amides is 1. The highest BCUT2D eigenvalue weighted by Crippen LogP contribution is 2.52. The van der Waals surface area contributed by atoms with Crippen LogP contribution in [-0.2, 0) is 11.0 Å². The zero-order chi connectivity index (χ0) is 23.2. The Hall–Kier alpha value is -1.62. The van der Waals surface area contributed by atoms with Crippen LogP contribution in [0.4, 0.5) is 0 Å². The van der Waals surface area contributed by atoms with Crippen molar-refractivity contribution in [2.75, 3.05) is 7.05 Å². The molecule has 0 radical (unpaired) electrons. The van der Waals surface area contributed by atoms with Gasteiger partial charge in [-0.15, -0.1) is 56.7 Å². The molecule has 0 saturated heterocycles. The fraction of sp³-hybridized carbons (Fsp3) is 0.208. The first-order valence-corrected chi connectivity index (χ1v) is 15.5. The van der Waals surface area contributed by atoms with Crippen LogP contribution in [0, 0.1) is 27.7 Å². The van der Waals surface area contributed by atoms with E-state index in [9.17, 15) is 9.00 Å². The average Bonchev–Trinajstić information content (AvgIpc) is 3.60. The van der Waals surface area contributed by atoms with Gasteiger partial charge in [-0.1, -0.05) is 0 Å². The average molecular weight is 546 g/mol. The lowest BCUT2D eigenvalue weighted by Gasteiger charge is -2.04. The van der Waals surface area contributed by atoms with Crippen molar-refractivity contribution in [2.24, 2.45) is 0 Å². The van der Waals surface area contributed by atoms with Gasteiger partial charge in [0.2, 0.25) is 0 Å². The molecule has 0 aromatic carbocycles. The minimum Gasteiger partial charge on any atom is -0.267 e. The molecule has 1 amide bonds. The minimum absolute atomic E-state index is 0.132. The van der Waals surface area contributed by atoms with E-state index in [1.54, 1.807) is 29.7 Å². The topological polar surface area (TPSA) is 37.4 Å². The van der Waals surface area contributed by atoms with Crippen LogP contribution in [-0.4, -0.2) is 21.5 Å². The van der Waals surface area contributed by atoms with Gasteiger partial charge in [-0.3, -0.25) is 9.10 Å². The van der Waals surface area contributed by atoms with E-state index < -0.39 is 11.0 Å². The van der Waals surface area contributed by atoms with Gasteiger partial charge in [0.1, 0.15) is 4.88 Å². The maximum absolute atomic E-state index is 12.8. The van der Waals surface area contributed by atoms with Crippen LogP contribution in [0.2, 0.25) is 0 Å². The Bertz CT molecular complexity index is 1620. The summed E-state index contributed by atoms with van der Waals surface area (Å²) in [5.74, 6) is -0.132. The van der Waals surface area contributed by atoms with Crippen LogP contribution < -0.4 is 0 Å². The second-order valence-corrected chi connectivity index (χ2v) is 15.2. The predicted octanol–water partition coefficient (Wildman–Crippen LogP) is 8.49. The molecule has 1 atom stereocenters. The van der Waals surface area contributed by atoms with Gasteiger partial charge in [0, 0.05) is 46.6 Å². The van der Waals surface area contributed by atoms with E-state index in [1.165, 1.54) is 60.9 Å². The van der Waals surface area contributed by atoms with Crippen LogP contribution in [0.1, 0.15) is 30.6 Å². The lowest BCUT2D eigenvalue weighted by Crippen LogP contribution is -2.20. The Morgan fingerprint density at radius 3 is 1.97 bits per heavy atom. The third-order valence-corrected chi connectivity index (χ3v) is 14.0. The molecule has 168 valence electrons. The monoisotopic (exact) mass is 545 g/mol. The highest BCUT2D eigenvalue weighted by atomic mass is 32.2. The molecule has 1 unspecified atom stereocenters. The van der Waals surface area contributed by atoms with Crippen molar-refractivity contribution in [3.63, 3.8) is 0 Å². The van der Waals surface area contributed by atoms with Crippen molar-refractivity contribution < 1.29 is 9.00 Å². The van der Waals surface area contributed by atoms with Crippen molar-refractivity contribution >= 4 is 83.7 Å². The van der Waals surface area contributed by atoms with Crippen LogP contribution in [0.5, 0.6) is 0 Å². The number of fused-ring (bicyclic) bond motifs is 3. The number of aryl methyl sites for hydroxylation is 2. The highest BCUT2D eigenvalue weighted by molar-refractivity contribution is 7.84. The van der Waals surface area contributed by atoms with Gasteiger partial charge in [0.05, 0.1) is 14.5 Å². The lowest BCUT2D eigenvalue weighted by molar-refractivity contribution is 0.0899. The lowest BCUT2D eigenvalue weighted by atomic mass is 10.1. The SMILES string of the molecule is Cc1ccc(-c2sc(-c3ccc(-c4sc(C)c5c6c(sc45)C(=O)N(C)S6=O)s3)c(C)c2C)s1. The number of carbonyl (C=O) groups is 1. The molecule has 5 aromatic heterocycles. The Balaban J connectivity index is 1.45.